The summed E-state index contributed by atoms with van der Waals surface area (Å²) in [7, 11) is 0. The van der Waals surface area contributed by atoms with Gasteiger partial charge in [-0.1, -0.05) is 48.1 Å². The van der Waals surface area contributed by atoms with Gasteiger partial charge in [0.05, 0.1) is 5.56 Å². The van der Waals surface area contributed by atoms with Crippen LogP contribution in [0.2, 0.25) is 0 Å². The summed E-state index contributed by atoms with van der Waals surface area (Å²) in [5, 5.41) is 3.16. The number of aryl methyl sites for hydroxylation is 1. The lowest BCUT2D eigenvalue weighted by molar-refractivity contribution is 0.626. The quantitative estimate of drug-likeness (QED) is 0.839. The van der Waals surface area contributed by atoms with E-state index >= 15 is 0 Å². The van der Waals surface area contributed by atoms with E-state index in [2.05, 4.69) is 5.32 Å². The van der Waals surface area contributed by atoms with Crippen LogP contribution in [0.3, 0.4) is 0 Å². The SMILES string of the molecule is Cc1ccc(CNc2cccc(F)c2C(N)=S)cc1. The Morgan fingerprint density at radius 2 is 1.89 bits per heavy atom. The van der Waals surface area contributed by atoms with Gasteiger partial charge in [-0.2, -0.15) is 0 Å². The monoisotopic (exact) mass is 274 g/mol. The minimum atomic E-state index is -0.401. The number of hydrogen-bond acceptors (Lipinski definition) is 2. The van der Waals surface area contributed by atoms with E-state index in [0.29, 0.717) is 12.2 Å². The number of thiocarbonyl (C=S) groups is 1. The smallest absolute Gasteiger partial charge is 0.135 e. The van der Waals surface area contributed by atoms with Crippen molar-refractivity contribution in [3.63, 3.8) is 0 Å². The van der Waals surface area contributed by atoms with Gasteiger partial charge in [-0.25, -0.2) is 4.39 Å². The second kappa shape index (κ2) is 5.80. The van der Waals surface area contributed by atoms with Crippen molar-refractivity contribution in [2.45, 2.75) is 13.5 Å². The van der Waals surface area contributed by atoms with Gasteiger partial charge in [0.1, 0.15) is 10.8 Å². The first-order valence-corrected chi connectivity index (χ1v) is 6.36. The summed E-state index contributed by atoms with van der Waals surface area (Å²) in [5.74, 6) is -0.401. The molecule has 0 heterocycles. The summed E-state index contributed by atoms with van der Waals surface area (Å²) in [6.07, 6.45) is 0. The largest absolute Gasteiger partial charge is 0.389 e. The second-order valence-electron chi connectivity index (χ2n) is 4.37. The zero-order valence-corrected chi connectivity index (χ0v) is 11.4. The number of hydrogen-bond donors (Lipinski definition) is 2. The molecule has 3 N–H and O–H groups in total. The molecule has 0 atom stereocenters. The van der Waals surface area contributed by atoms with Crippen LogP contribution in [0.5, 0.6) is 0 Å². The fourth-order valence-electron chi connectivity index (χ4n) is 1.83. The standard InChI is InChI=1S/C15H15FN2S/c1-10-5-7-11(8-6-10)9-18-13-4-2-3-12(16)14(13)15(17)19/h2-8,18H,9H2,1H3,(H2,17,19). The Labute approximate surface area is 117 Å². The van der Waals surface area contributed by atoms with Crippen LogP contribution in [-0.2, 0) is 6.54 Å². The molecule has 0 fully saturated rings. The highest BCUT2D eigenvalue weighted by molar-refractivity contribution is 7.80. The predicted octanol–water partition coefficient (Wildman–Crippen LogP) is 3.38. The van der Waals surface area contributed by atoms with E-state index in [4.69, 9.17) is 18.0 Å². The number of rotatable bonds is 4. The van der Waals surface area contributed by atoms with Gasteiger partial charge < -0.3 is 11.1 Å². The Kier molecular flexibility index (Phi) is 4.12. The Balaban J connectivity index is 2.18. The van der Waals surface area contributed by atoms with Crippen LogP contribution in [0.25, 0.3) is 0 Å². The molecule has 0 radical (unpaired) electrons. The third-order valence-corrected chi connectivity index (χ3v) is 3.07. The van der Waals surface area contributed by atoms with Gasteiger partial charge in [-0.3, -0.25) is 0 Å². The van der Waals surface area contributed by atoms with Gasteiger partial charge in [0.25, 0.3) is 0 Å². The average Bonchev–Trinajstić information content (AvgIpc) is 2.37. The summed E-state index contributed by atoms with van der Waals surface area (Å²) in [6, 6.07) is 12.9. The molecule has 0 bridgehead atoms. The van der Waals surface area contributed by atoms with Crippen molar-refractivity contribution in [3.8, 4) is 0 Å². The Hall–Kier alpha value is -1.94. The van der Waals surface area contributed by atoms with Crippen molar-refractivity contribution in [2.75, 3.05) is 5.32 Å². The first kappa shape index (κ1) is 13.5. The van der Waals surface area contributed by atoms with Crippen LogP contribution in [0.15, 0.2) is 42.5 Å². The van der Waals surface area contributed by atoms with Crippen LogP contribution in [0.4, 0.5) is 10.1 Å². The molecule has 0 spiro atoms. The van der Waals surface area contributed by atoms with Gasteiger partial charge in [-0.05, 0) is 24.6 Å². The van der Waals surface area contributed by atoms with E-state index in [0.717, 1.165) is 5.56 Å². The first-order chi connectivity index (χ1) is 9.08. The van der Waals surface area contributed by atoms with Gasteiger partial charge in [0.2, 0.25) is 0 Å². The molecule has 0 unspecified atom stereocenters. The van der Waals surface area contributed by atoms with Crippen LogP contribution in [0.1, 0.15) is 16.7 Å². The molecule has 0 aliphatic carbocycles. The summed E-state index contributed by atoms with van der Waals surface area (Å²) in [6.45, 7) is 2.63. The van der Waals surface area contributed by atoms with Crippen molar-refractivity contribution in [2.24, 2.45) is 5.73 Å². The highest BCUT2D eigenvalue weighted by atomic mass is 32.1. The second-order valence-corrected chi connectivity index (χ2v) is 4.81. The van der Waals surface area contributed by atoms with E-state index in [-0.39, 0.29) is 10.6 Å². The Bertz CT molecular complexity index is 594. The van der Waals surface area contributed by atoms with E-state index in [1.165, 1.54) is 11.6 Å². The molecule has 0 amide bonds. The third kappa shape index (κ3) is 3.29. The maximum Gasteiger partial charge on any atom is 0.135 e. The lowest BCUT2D eigenvalue weighted by atomic mass is 10.1. The topological polar surface area (TPSA) is 38.0 Å². The molecule has 19 heavy (non-hydrogen) atoms. The number of anilines is 1. The zero-order chi connectivity index (χ0) is 13.8. The Morgan fingerprint density at radius 1 is 1.21 bits per heavy atom. The molecule has 2 aromatic rings. The van der Waals surface area contributed by atoms with Crippen molar-refractivity contribution in [1.29, 1.82) is 0 Å². The van der Waals surface area contributed by atoms with Crippen LogP contribution >= 0.6 is 12.2 Å². The van der Waals surface area contributed by atoms with E-state index in [1.807, 2.05) is 31.2 Å². The third-order valence-electron chi connectivity index (χ3n) is 2.86. The average molecular weight is 274 g/mol. The molecule has 2 nitrogen and oxygen atoms in total. The lowest BCUT2D eigenvalue weighted by Crippen LogP contribution is -2.15. The van der Waals surface area contributed by atoms with Gasteiger partial charge in [0.15, 0.2) is 0 Å². The molecular weight excluding hydrogens is 259 g/mol. The number of nitrogens with two attached hydrogens (primary N) is 1. The van der Waals surface area contributed by atoms with E-state index < -0.39 is 5.82 Å². The molecule has 4 heteroatoms. The maximum atomic E-state index is 13.7. The minimum Gasteiger partial charge on any atom is -0.389 e. The van der Waals surface area contributed by atoms with Crippen molar-refractivity contribution in [1.82, 2.24) is 0 Å². The molecule has 0 aliphatic heterocycles. The van der Waals surface area contributed by atoms with Gasteiger partial charge in [0, 0.05) is 12.2 Å². The van der Waals surface area contributed by atoms with Gasteiger partial charge >= 0.3 is 0 Å². The minimum absolute atomic E-state index is 0.0597. The molecule has 0 saturated carbocycles. The van der Waals surface area contributed by atoms with E-state index in [1.54, 1.807) is 12.1 Å². The number of nitrogens with one attached hydrogen (secondary N) is 1. The van der Waals surface area contributed by atoms with Crippen LogP contribution in [-0.4, -0.2) is 4.99 Å². The van der Waals surface area contributed by atoms with Crippen LogP contribution in [0, 0.1) is 12.7 Å². The normalized spacial score (nSPS) is 10.2. The van der Waals surface area contributed by atoms with Crippen molar-refractivity contribution in [3.05, 3.63) is 65.0 Å². The predicted molar refractivity (Wildman–Crippen MR) is 80.8 cm³/mol. The lowest BCUT2D eigenvalue weighted by Gasteiger charge is -2.12. The zero-order valence-electron chi connectivity index (χ0n) is 10.6. The molecule has 98 valence electrons. The molecule has 0 aliphatic rings. The molecular formula is C15H15FN2S. The van der Waals surface area contributed by atoms with Crippen molar-refractivity contribution >= 4 is 22.9 Å². The molecule has 0 aromatic heterocycles. The molecule has 2 aromatic carbocycles. The van der Waals surface area contributed by atoms with Crippen molar-refractivity contribution < 1.29 is 4.39 Å². The highest BCUT2D eigenvalue weighted by Crippen LogP contribution is 2.19. The number of halogens is 1. The summed E-state index contributed by atoms with van der Waals surface area (Å²) in [4.78, 5) is 0.0597. The fraction of sp³-hybridized carbons (Fsp3) is 0.133. The Morgan fingerprint density at radius 3 is 2.53 bits per heavy atom. The summed E-state index contributed by atoms with van der Waals surface area (Å²) in [5.41, 5.74) is 8.76. The molecule has 2 rings (SSSR count). The number of benzene rings is 2. The van der Waals surface area contributed by atoms with Crippen LogP contribution < -0.4 is 11.1 Å². The fourth-order valence-corrected chi connectivity index (χ4v) is 2.03. The highest BCUT2D eigenvalue weighted by Gasteiger charge is 2.10. The summed E-state index contributed by atoms with van der Waals surface area (Å²) >= 11 is 4.88. The molecule has 0 saturated heterocycles. The first-order valence-electron chi connectivity index (χ1n) is 5.95. The summed E-state index contributed by atoms with van der Waals surface area (Å²) < 4.78 is 13.7. The maximum absolute atomic E-state index is 13.7. The van der Waals surface area contributed by atoms with Gasteiger partial charge in [-0.15, -0.1) is 0 Å². The van der Waals surface area contributed by atoms with E-state index in [9.17, 15) is 4.39 Å².